The summed E-state index contributed by atoms with van der Waals surface area (Å²) >= 11 is 0. The minimum atomic E-state index is 0.0298. The fourth-order valence-electron chi connectivity index (χ4n) is 2.48. The Labute approximate surface area is 111 Å². The average Bonchev–Trinajstić information content (AvgIpc) is 2.38. The number of hydrogen-bond donors (Lipinski definition) is 2. The summed E-state index contributed by atoms with van der Waals surface area (Å²) in [5.41, 5.74) is 0. The van der Waals surface area contributed by atoms with Crippen LogP contribution in [-0.4, -0.2) is 49.6 Å². The van der Waals surface area contributed by atoms with Crippen LogP contribution in [0.4, 0.5) is 0 Å². The smallest absolute Gasteiger partial charge is 0.237 e. The van der Waals surface area contributed by atoms with E-state index in [4.69, 9.17) is 0 Å². The van der Waals surface area contributed by atoms with E-state index in [1.807, 2.05) is 0 Å². The molecule has 2 unspecified atom stereocenters. The number of hydrogen-bond acceptors (Lipinski definition) is 3. The van der Waals surface area contributed by atoms with E-state index in [0.29, 0.717) is 5.92 Å². The molecule has 1 rings (SSSR count). The van der Waals surface area contributed by atoms with E-state index in [-0.39, 0.29) is 11.9 Å². The highest BCUT2D eigenvalue weighted by Crippen LogP contribution is 2.14. The van der Waals surface area contributed by atoms with Crippen molar-refractivity contribution in [3.05, 3.63) is 0 Å². The first kappa shape index (κ1) is 15.4. The Kier molecular flexibility index (Phi) is 7.28. The molecule has 106 valence electrons. The minimum absolute atomic E-state index is 0.0298. The standard InChI is InChI=1S/C14H29N3O/c1-4-17(5-2)10-6-8-16-14(18)13-11-12(3)7-9-15-13/h12-13,15H,4-11H2,1-3H3,(H,16,18). The number of nitrogens with one attached hydrogen (secondary N) is 2. The SMILES string of the molecule is CCN(CC)CCCNC(=O)C1CC(C)CCN1. The summed E-state index contributed by atoms with van der Waals surface area (Å²) < 4.78 is 0. The lowest BCUT2D eigenvalue weighted by Gasteiger charge is -2.27. The summed E-state index contributed by atoms with van der Waals surface area (Å²) in [6.07, 6.45) is 3.20. The van der Waals surface area contributed by atoms with E-state index >= 15 is 0 Å². The molecule has 0 aromatic carbocycles. The third kappa shape index (κ3) is 5.36. The zero-order valence-corrected chi connectivity index (χ0v) is 12.2. The van der Waals surface area contributed by atoms with Gasteiger partial charge in [0.1, 0.15) is 0 Å². The van der Waals surface area contributed by atoms with Gasteiger partial charge in [-0.2, -0.15) is 0 Å². The van der Waals surface area contributed by atoms with Crippen molar-refractivity contribution in [2.45, 2.75) is 46.1 Å². The number of carbonyl (C=O) groups is 1. The molecule has 0 aliphatic carbocycles. The fourth-order valence-corrected chi connectivity index (χ4v) is 2.48. The second kappa shape index (κ2) is 8.48. The molecular weight excluding hydrogens is 226 g/mol. The predicted molar refractivity (Wildman–Crippen MR) is 75.6 cm³/mol. The predicted octanol–water partition coefficient (Wildman–Crippen LogP) is 1.22. The van der Waals surface area contributed by atoms with Crippen LogP contribution in [0.25, 0.3) is 0 Å². The Hall–Kier alpha value is -0.610. The molecule has 1 amide bonds. The van der Waals surface area contributed by atoms with Gasteiger partial charge in [-0.3, -0.25) is 4.79 Å². The van der Waals surface area contributed by atoms with Crippen LogP contribution in [0, 0.1) is 5.92 Å². The molecule has 0 saturated carbocycles. The van der Waals surface area contributed by atoms with Crippen LogP contribution in [0.15, 0.2) is 0 Å². The first-order valence-electron chi connectivity index (χ1n) is 7.40. The molecule has 0 radical (unpaired) electrons. The topological polar surface area (TPSA) is 44.4 Å². The summed E-state index contributed by atoms with van der Waals surface area (Å²) in [5, 5.41) is 6.35. The zero-order chi connectivity index (χ0) is 13.4. The van der Waals surface area contributed by atoms with Gasteiger partial charge < -0.3 is 15.5 Å². The van der Waals surface area contributed by atoms with Crippen LogP contribution in [0.5, 0.6) is 0 Å². The molecule has 0 spiro atoms. The van der Waals surface area contributed by atoms with E-state index in [9.17, 15) is 4.79 Å². The molecule has 0 bridgehead atoms. The molecular formula is C14H29N3O. The summed E-state index contributed by atoms with van der Waals surface area (Å²) in [6.45, 7) is 11.6. The summed E-state index contributed by atoms with van der Waals surface area (Å²) in [7, 11) is 0. The van der Waals surface area contributed by atoms with Gasteiger partial charge in [0.15, 0.2) is 0 Å². The quantitative estimate of drug-likeness (QED) is 0.672. The molecule has 4 heteroatoms. The first-order valence-corrected chi connectivity index (χ1v) is 7.40. The second-order valence-electron chi connectivity index (χ2n) is 5.31. The Morgan fingerprint density at radius 1 is 1.39 bits per heavy atom. The lowest BCUT2D eigenvalue weighted by Crippen LogP contribution is -2.48. The maximum atomic E-state index is 11.9. The van der Waals surface area contributed by atoms with Gasteiger partial charge in [-0.25, -0.2) is 0 Å². The molecule has 2 atom stereocenters. The van der Waals surface area contributed by atoms with E-state index < -0.39 is 0 Å². The molecule has 1 fully saturated rings. The van der Waals surface area contributed by atoms with Crippen molar-refractivity contribution >= 4 is 5.91 Å². The largest absolute Gasteiger partial charge is 0.355 e. The van der Waals surface area contributed by atoms with Gasteiger partial charge in [0.25, 0.3) is 0 Å². The van der Waals surface area contributed by atoms with Crippen LogP contribution >= 0.6 is 0 Å². The van der Waals surface area contributed by atoms with Crippen molar-refractivity contribution in [3.8, 4) is 0 Å². The zero-order valence-electron chi connectivity index (χ0n) is 12.2. The first-order chi connectivity index (χ1) is 8.67. The van der Waals surface area contributed by atoms with Gasteiger partial charge in [-0.05, 0) is 51.4 Å². The van der Waals surface area contributed by atoms with Crippen molar-refractivity contribution in [1.82, 2.24) is 15.5 Å². The highest BCUT2D eigenvalue weighted by molar-refractivity contribution is 5.81. The lowest BCUT2D eigenvalue weighted by molar-refractivity contribution is -0.124. The average molecular weight is 255 g/mol. The number of nitrogens with zero attached hydrogens (tertiary/aromatic N) is 1. The van der Waals surface area contributed by atoms with E-state index in [2.05, 4.69) is 36.3 Å². The fraction of sp³-hybridized carbons (Fsp3) is 0.929. The lowest BCUT2D eigenvalue weighted by atomic mass is 9.94. The Morgan fingerprint density at radius 3 is 2.72 bits per heavy atom. The minimum Gasteiger partial charge on any atom is -0.355 e. The van der Waals surface area contributed by atoms with Crippen molar-refractivity contribution < 1.29 is 4.79 Å². The van der Waals surface area contributed by atoms with Crippen molar-refractivity contribution in [1.29, 1.82) is 0 Å². The Bertz CT molecular complexity index is 241. The third-order valence-electron chi connectivity index (χ3n) is 3.83. The highest BCUT2D eigenvalue weighted by atomic mass is 16.2. The van der Waals surface area contributed by atoms with Gasteiger partial charge >= 0.3 is 0 Å². The maximum Gasteiger partial charge on any atom is 0.237 e. The van der Waals surface area contributed by atoms with Gasteiger partial charge in [-0.15, -0.1) is 0 Å². The number of rotatable bonds is 7. The van der Waals surface area contributed by atoms with Gasteiger partial charge in [0, 0.05) is 6.54 Å². The van der Waals surface area contributed by atoms with E-state index in [1.54, 1.807) is 0 Å². The molecule has 18 heavy (non-hydrogen) atoms. The molecule has 0 aromatic rings. The van der Waals surface area contributed by atoms with Crippen LogP contribution in [0.1, 0.15) is 40.0 Å². The number of piperidine rings is 1. The molecule has 1 aliphatic rings. The molecule has 1 aliphatic heterocycles. The van der Waals surface area contributed by atoms with E-state index in [0.717, 1.165) is 45.6 Å². The van der Waals surface area contributed by atoms with Crippen molar-refractivity contribution in [3.63, 3.8) is 0 Å². The van der Waals surface area contributed by atoms with Crippen LogP contribution in [-0.2, 0) is 4.79 Å². The molecule has 2 N–H and O–H groups in total. The summed E-state index contributed by atoms with van der Waals surface area (Å²) in [4.78, 5) is 14.3. The number of amides is 1. The molecule has 4 nitrogen and oxygen atoms in total. The van der Waals surface area contributed by atoms with Gasteiger partial charge in [-0.1, -0.05) is 20.8 Å². The molecule has 0 aromatic heterocycles. The van der Waals surface area contributed by atoms with Gasteiger partial charge in [0.2, 0.25) is 5.91 Å². The van der Waals surface area contributed by atoms with E-state index in [1.165, 1.54) is 6.42 Å². The second-order valence-corrected chi connectivity index (χ2v) is 5.31. The third-order valence-corrected chi connectivity index (χ3v) is 3.83. The molecule has 1 heterocycles. The maximum absolute atomic E-state index is 11.9. The number of carbonyl (C=O) groups excluding carboxylic acids is 1. The highest BCUT2D eigenvalue weighted by Gasteiger charge is 2.23. The summed E-state index contributed by atoms with van der Waals surface area (Å²) in [6, 6.07) is 0.0298. The molecule has 1 saturated heterocycles. The van der Waals surface area contributed by atoms with Crippen molar-refractivity contribution in [2.75, 3.05) is 32.7 Å². The van der Waals surface area contributed by atoms with Crippen LogP contribution in [0.2, 0.25) is 0 Å². The van der Waals surface area contributed by atoms with Crippen molar-refractivity contribution in [2.24, 2.45) is 5.92 Å². The summed E-state index contributed by atoms with van der Waals surface area (Å²) in [5.74, 6) is 0.846. The van der Waals surface area contributed by atoms with Crippen LogP contribution < -0.4 is 10.6 Å². The monoisotopic (exact) mass is 255 g/mol. The Morgan fingerprint density at radius 2 is 2.11 bits per heavy atom. The normalized spacial score (nSPS) is 24.2. The van der Waals surface area contributed by atoms with Gasteiger partial charge in [0.05, 0.1) is 6.04 Å². The Balaban J connectivity index is 2.13. The van der Waals surface area contributed by atoms with Crippen LogP contribution in [0.3, 0.4) is 0 Å².